The second kappa shape index (κ2) is 543. The molecule has 0 aliphatic rings. The third-order valence-electron chi connectivity index (χ3n) is 0. The minimum absolute atomic E-state index is 0.250. The number of nitrogens with zero attached hydrogens (tertiary/aromatic N) is 3. The average molecular weight is 445 g/mol. The van der Waals surface area contributed by atoms with Crippen molar-refractivity contribution in [2.45, 2.75) is 20.8 Å². The van der Waals surface area contributed by atoms with Crippen molar-refractivity contribution in [3.63, 3.8) is 0 Å². The summed E-state index contributed by atoms with van der Waals surface area (Å²) in [6, 6.07) is 5.25. The molecule has 30 heavy (non-hydrogen) atoms. The number of hydrogen-bond donors (Lipinski definition) is 7. The molecule has 0 atom stereocenters. The van der Waals surface area contributed by atoms with Crippen LogP contribution in [0.2, 0.25) is 0 Å². The predicted molar refractivity (Wildman–Crippen MR) is 94.7 cm³/mol. The molecule has 0 aromatic rings. The third kappa shape index (κ3) is 392. The van der Waals surface area contributed by atoms with Crippen molar-refractivity contribution in [1.82, 2.24) is 0 Å². The van der Waals surface area contributed by atoms with Gasteiger partial charge in [-0.05, 0) is 0 Å². The number of hydrogen-bond acceptors (Lipinski definition) is 10. The van der Waals surface area contributed by atoms with Gasteiger partial charge in [0, 0.05) is 20.8 Å². The molecule has 7 N–H and O–H groups in total. The van der Waals surface area contributed by atoms with Gasteiger partial charge in [-0.1, -0.05) is 0 Å². The lowest BCUT2D eigenvalue weighted by Gasteiger charge is -1.34. The monoisotopic (exact) mass is 445 g/mol. The van der Waals surface area contributed by atoms with E-state index in [4.69, 9.17) is 85.1 Å². The van der Waals surface area contributed by atoms with E-state index in [0.29, 0.717) is 0 Å². The van der Waals surface area contributed by atoms with Crippen molar-refractivity contribution < 1.29 is 69.3 Å². The Hall–Kier alpha value is -5.24. The van der Waals surface area contributed by atoms with E-state index in [1.54, 1.807) is 18.2 Å². The Morgan fingerprint density at radius 2 is 0.400 bits per heavy atom. The lowest BCUT2D eigenvalue weighted by atomic mass is 11.0. The van der Waals surface area contributed by atoms with Crippen LogP contribution in [0.25, 0.3) is 0 Å². The van der Waals surface area contributed by atoms with Crippen LogP contribution in [-0.4, -0.2) is 81.1 Å². The maximum Gasteiger partial charge on any atom is 0.290 e. The SMILES string of the molecule is CC#N.CC#N.CC#N.O=CO.O=CO.O=CO.O=CO.O=CO.O=CO.O=CO. The first-order valence-corrected chi connectivity index (χ1v) is 5.63. The molecule has 0 aromatic carbocycles. The smallest absolute Gasteiger partial charge is 0.290 e. The quantitative estimate of drug-likeness (QED) is 0.231. The lowest BCUT2D eigenvalue weighted by Crippen LogP contribution is -1.49. The molecule has 0 bridgehead atoms. The summed E-state index contributed by atoms with van der Waals surface area (Å²) in [6.45, 7) is 2.54. The van der Waals surface area contributed by atoms with Gasteiger partial charge in [-0.15, -0.1) is 0 Å². The maximum atomic E-state index is 8.36. The van der Waals surface area contributed by atoms with Crippen LogP contribution in [0.5, 0.6) is 0 Å². The topological polar surface area (TPSA) is 332 Å². The van der Waals surface area contributed by atoms with Crippen LogP contribution < -0.4 is 0 Å². The highest BCUT2D eigenvalue weighted by molar-refractivity contribution is 5.33. The molecule has 0 spiro atoms. The molecule has 0 saturated heterocycles. The predicted octanol–water partition coefficient (Wildman–Crippen LogP) is -0.505. The van der Waals surface area contributed by atoms with Gasteiger partial charge < -0.3 is 35.7 Å². The maximum absolute atomic E-state index is 8.36. The Morgan fingerprint density at radius 1 is 0.400 bits per heavy atom. The van der Waals surface area contributed by atoms with Gasteiger partial charge >= 0.3 is 0 Å². The van der Waals surface area contributed by atoms with Crippen LogP contribution in [0.1, 0.15) is 20.8 Å². The van der Waals surface area contributed by atoms with Crippen molar-refractivity contribution in [2.24, 2.45) is 0 Å². The standard InChI is InChI=1S/3C2H3N.7CH2O2/c3*1-2-3;7*2-1-3/h3*1H3;7*1H,(H,2,3). The van der Waals surface area contributed by atoms with E-state index >= 15 is 0 Å². The first-order valence-electron chi connectivity index (χ1n) is 5.63. The lowest BCUT2D eigenvalue weighted by molar-refractivity contribution is -0.123. The molecule has 174 valence electrons. The normalized spacial score (nSPS) is 3.60. The largest absolute Gasteiger partial charge is 0.483 e. The fourth-order valence-corrected chi connectivity index (χ4v) is 0. The molecule has 0 amide bonds. The van der Waals surface area contributed by atoms with Gasteiger partial charge in [-0.3, -0.25) is 33.6 Å². The minimum Gasteiger partial charge on any atom is -0.483 e. The van der Waals surface area contributed by atoms with Gasteiger partial charge in [-0.2, -0.15) is 15.8 Å². The summed E-state index contributed by atoms with van der Waals surface area (Å²) < 4.78 is 0. The zero-order valence-corrected chi connectivity index (χ0v) is 15.9. The molecule has 0 saturated carbocycles. The molecule has 0 rings (SSSR count). The van der Waals surface area contributed by atoms with Crippen molar-refractivity contribution in [2.75, 3.05) is 0 Å². The molecule has 0 fully saturated rings. The molecule has 0 unspecified atom stereocenters. The Bertz CT molecular complexity index is 323. The number of rotatable bonds is 0. The molecule has 0 aliphatic carbocycles. The molecular formula is C13H23N3O14. The van der Waals surface area contributed by atoms with Crippen LogP contribution in [-0.2, 0) is 33.6 Å². The molecular weight excluding hydrogens is 422 g/mol. The number of nitriles is 3. The van der Waals surface area contributed by atoms with Crippen LogP contribution in [0.3, 0.4) is 0 Å². The summed E-state index contributed by atoms with van der Waals surface area (Å²) in [6.07, 6.45) is 0. The molecule has 17 heteroatoms. The summed E-state index contributed by atoms with van der Waals surface area (Å²) in [5.74, 6) is 0. The Labute approximate surface area is 170 Å². The first-order chi connectivity index (χ1) is 14.1. The van der Waals surface area contributed by atoms with Crippen LogP contribution in [0.4, 0.5) is 0 Å². The van der Waals surface area contributed by atoms with Crippen molar-refractivity contribution >= 4 is 45.3 Å². The van der Waals surface area contributed by atoms with Crippen LogP contribution >= 0.6 is 0 Å². The summed E-state index contributed by atoms with van der Waals surface area (Å²) in [4.78, 5) is 58.5. The van der Waals surface area contributed by atoms with Crippen molar-refractivity contribution in [3.8, 4) is 18.2 Å². The Morgan fingerprint density at radius 3 is 0.400 bits per heavy atom. The third-order valence-corrected chi connectivity index (χ3v) is 0. The van der Waals surface area contributed by atoms with E-state index in [-0.39, 0.29) is 45.3 Å². The van der Waals surface area contributed by atoms with E-state index in [9.17, 15) is 0 Å². The highest BCUT2D eigenvalue weighted by Crippen LogP contribution is 1.22. The van der Waals surface area contributed by atoms with E-state index in [2.05, 4.69) is 0 Å². The fraction of sp³-hybridized carbons (Fsp3) is 0.231. The first kappa shape index (κ1) is 64.2. The van der Waals surface area contributed by atoms with Gasteiger partial charge in [0.15, 0.2) is 0 Å². The highest BCUT2D eigenvalue weighted by atomic mass is 16.4. The van der Waals surface area contributed by atoms with E-state index in [1.165, 1.54) is 20.8 Å². The summed E-state index contributed by atoms with van der Waals surface area (Å²) >= 11 is 0. The zero-order chi connectivity index (χ0) is 27.1. The molecule has 0 aliphatic heterocycles. The van der Waals surface area contributed by atoms with E-state index in [1.807, 2.05) is 0 Å². The molecule has 17 nitrogen and oxygen atoms in total. The summed E-state index contributed by atoms with van der Waals surface area (Å²) in [5, 5.41) is 70.2. The Kier molecular flexibility index (Phi) is 1160. The molecule has 0 aromatic heterocycles. The van der Waals surface area contributed by atoms with Gasteiger partial charge in [0.05, 0.1) is 18.2 Å². The highest BCUT2D eigenvalue weighted by Gasteiger charge is 1.24. The van der Waals surface area contributed by atoms with Crippen molar-refractivity contribution in [1.29, 1.82) is 15.8 Å². The van der Waals surface area contributed by atoms with Gasteiger partial charge in [0.25, 0.3) is 45.3 Å². The fourth-order valence-electron chi connectivity index (χ4n) is 0. The van der Waals surface area contributed by atoms with Crippen LogP contribution in [0, 0.1) is 34.0 Å². The van der Waals surface area contributed by atoms with E-state index < -0.39 is 0 Å². The molecule has 0 radical (unpaired) electrons. The summed E-state index contributed by atoms with van der Waals surface area (Å²) in [7, 11) is 0. The van der Waals surface area contributed by atoms with Gasteiger partial charge in [0.1, 0.15) is 0 Å². The van der Waals surface area contributed by atoms with Gasteiger partial charge in [0.2, 0.25) is 0 Å². The average Bonchev–Trinajstić information content (AvgIpc) is 2.61. The number of carboxylic acid groups (broad SMARTS) is 7. The second-order valence-corrected chi connectivity index (χ2v) is 1.41. The Balaban J connectivity index is -0.0000000185. The molecule has 0 heterocycles. The van der Waals surface area contributed by atoms with E-state index in [0.717, 1.165) is 0 Å². The van der Waals surface area contributed by atoms with Crippen LogP contribution in [0.15, 0.2) is 0 Å². The zero-order valence-electron chi connectivity index (χ0n) is 15.9. The second-order valence-electron chi connectivity index (χ2n) is 1.41. The van der Waals surface area contributed by atoms with Gasteiger partial charge in [-0.25, -0.2) is 0 Å². The van der Waals surface area contributed by atoms with Crippen molar-refractivity contribution in [3.05, 3.63) is 0 Å². The minimum atomic E-state index is -0.250. The summed E-state index contributed by atoms with van der Waals surface area (Å²) in [5.41, 5.74) is 0. The number of carbonyl (C=O) groups is 7.